The quantitative estimate of drug-likeness (QED) is 0.881. The van der Waals surface area contributed by atoms with Crippen LogP contribution >= 0.6 is 0 Å². The Balaban J connectivity index is 2.16. The second kappa shape index (κ2) is 5.39. The number of pyridine rings is 1. The van der Waals surface area contributed by atoms with E-state index in [0.717, 1.165) is 11.4 Å². The maximum atomic E-state index is 10.9. The number of carboxylic acids is 1. The largest absolute Gasteiger partial charge is 0.478 e. The molecule has 1 aromatic heterocycles. The van der Waals surface area contributed by atoms with Crippen LogP contribution in [-0.2, 0) is 0 Å². The minimum atomic E-state index is -0.964. The molecular formula is C14H15N3O2. The zero-order valence-electron chi connectivity index (χ0n) is 10.8. The van der Waals surface area contributed by atoms with E-state index in [0.29, 0.717) is 5.82 Å². The smallest absolute Gasteiger partial charge is 0.335 e. The van der Waals surface area contributed by atoms with Gasteiger partial charge < -0.3 is 15.3 Å². The molecule has 0 radical (unpaired) electrons. The Bertz CT molecular complexity index is 579. The SMILES string of the molecule is CN(C)c1ccc(Nc2cc(C(=O)O)ccn2)cc1. The summed E-state index contributed by atoms with van der Waals surface area (Å²) in [7, 11) is 3.95. The molecule has 0 aliphatic carbocycles. The molecule has 0 aliphatic rings. The van der Waals surface area contributed by atoms with Gasteiger partial charge in [-0.3, -0.25) is 0 Å². The van der Waals surface area contributed by atoms with Gasteiger partial charge in [0.2, 0.25) is 0 Å². The van der Waals surface area contributed by atoms with Crippen molar-refractivity contribution in [2.24, 2.45) is 0 Å². The first-order valence-electron chi connectivity index (χ1n) is 5.80. The summed E-state index contributed by atoms with van der Waals surface area (Å²) in [6, 6.07) is 10.8. The molecule has 1 heterocycles. The van der Waals surface area contributed by atoms with E-state index in [9.17, 15) is 4.79 Å². The highest BCUT2D eigenvalue weighted by atomic mass is 16.4. The fraction of sp³-hybridized carbons (Fsp3) is 0.143. The molecule has 0 amide bonds. The lowest BCUT2D eigenvalue weighted by atomic mass is 10.2. The molecule has 0 unspecified atom stereocenters. The van der Waals surface area contributed by atoms with Crippen molar-refractivity contribution in [3.8, 4) is 0 Å². The van der Waals surface area contributed by atoms with Crippen molar-refractivity contribution in [1.29, 1.82) is 0 Å². The molecule has 0 aliphatic heterocycles. The van der Waals surface area contributed by atoms with Gasteiger partial charge in [0.15, 0.2) is 0 Å². The lowest BCUT2D eigenvalue weighted by molar-refractivity contribution is 0.0697. The molecule has 19 heavy (non-hydrogen) atoms. The van der Waals surface area contributed by atoms with Gasteiger partial charge in [0, 0.05) is 31.7 Å². The summed E-state index contributed by atoms with van der Waals surface area (Å²) in [5, 5.41) is 12.0. The summed E-state index contributed by atoms with van der Waals surface area (Å²) in [4.78, 5) is 17.0. The highest BCUT2D eigenvalue weighted by molar-refractivity contribution is 5.88. The van der Waals surface area contributed by atoms with E-state index in [1.54, 1.807) is 0 Å². The molecule has 0 bridgehead atoms. The number of aromatic carboxylic acids is 1. The number of nitrogens with one attached hydrogen (secondary N) is 1. The molecule has 0 fully saturated rings. The van der Waals surface area contributed by atoms with E-state index in [2.05, 4.69) is 10.3 Å². The number of hydrogen-bond acceptors (Lipinski definition) is 4. The number of nitrogens with zero attached hydrogens (tertiary/aromatic N) is 2. The number of hydrogen-bond donors (Lipinski definition) is 2. The molecule has 2 N–H and O–H groups in total. The fourth-order valence-electron chi connectivity index (χ4n) is 1.62. The highest BCUT2D eigenvalue weighted by Gasteiger charge is 2.04. The number of aromatic nitrogens is 1. The first-order chi connectivity index (χ1) is 9.06. The Morgan fingerprint density at radius 3 is 2.47 bits per heavy atom. The van der Waals surface area contributed by atoms with E-state index in [1.807, 2.05) is 43.3 Å². The number of anilines is 3. The van der Waals surface area contributed by atoms with E-state index in [1.165, 1.54) is 18.3 Å². The second-order valence-corrected chi connectivity index (χ2v) is 4.30. The van der Waals surface area contributed by atoms with Gasteiger partial charge in [-0.2, -0.15) is 0 Å². The lowest BCUT2D eigenvalue weighted by Gasteiger charge is -2.13. The Hall–Kier alpha value is -2.56. The predicted octanol–water partition coefficient (Wildman–Crippen LogP) is 2.59. The molecule has 1 aromatic carbocycles. The van der Waals surface area contributed by atoms with E-state index in [4.69, 9.17) is 5.11 Å². The number of rotatable bonds is 4. The zero-order valence-corrected chi connectivity index (χ0v) is 10.8. The van der Waals surface area contributed by atoms with Crippen LogP contribution in [0.4, 0.5) is 17.2 Å². The summed E-state index contributed by atoms with van der Waals surface area (Å²) < 4.78 is 0. The van der Waals surface area contributed by atoms with Gasteiger partial charge in [0.05, 0.1) is 5.56 Å². The Kier molecular flexibility index (Phi) is 3.66. The minimum Gasteiger partial charge on any atom is -0.478 e. The van der Waals surface area contributed by atoms with Crippen molar-refractivity contribution < 1.29 is 9.90 Å². The van der Waals surface area contributed by atoms with Gasteiger partial charge in [-0.15, -0.1) is 0 Å². The van der Waals surface area contributed by atoms with Crippen molar-refractivity contribution in [3.63, 3.8) is 0 Å². The van der Waals surface area contributed by atoms with E-state index >= 15 is 0 Å². The molecule has 98 valence electrons. The average molecular weight is 257 g/mol. The molecule has 2 rings (SSSR count). The maximum absolute atomic E-state index is 10.9. The van der Waals surface area contributed by atoms with Crippen LogP contribution in [0.2, 0.25) is 0 Å². The van der Waals surface area contributed by atoms with Crippen molar-refractivity contribution in [2.45, 2.75) is 0 Å². The van der Waals surface area contributed by atoms with Gasteiger partial charge >= 0.3 is 5.97 Å². The molecule has 5 nitrogen and oxygen atoms in total. The van der Waals surface area contributed by atoms with Crippen LogP contribution in [0, 0.1) is 0 Å². The van der Waals surface area contributed by atoms with Crippen molar-refractivity contribution in [3.05, 3.63) is 48.2 Å². The molecular weight excluding hydrogens is 242 g/mol. The van der Waals surface area contributed by atoms with E-state index in [-0.39, 0.29) is 5.56 Å². The van der Waals surface area contributed by atoms with Crippen molar-refractivity contribution in [2.75, 3.05) is 24.3 Å². The van der Waals surface area contributed by atoms with Gasteiger partial charge in [-0.05, 0) is 36.4 Å². The number of carboxylic acid groups (broad SMARTS) is 1. The van der Waals surface area contributed by atoms with Crippen LogP contribution in [-0.4, -0.2) is 30.2 Å². The van der Waals surface area contributed by atoms with Crippen LogP contribution in [0.3, 0.4) is 0 Å². The summed E-state index contributed by atoms with van der Waals surface area (Å²) in [5.41, 5.74) is 2.17. The third-order valence-electron chi connectivity index (χ3n) is 2.66. The Morgan fingerprint density at radius 2 is 1.89 bits per heavy atom. The molecule has 0 atom stereocenters. The number of benzene rings is 1. The van der Waals surface area contributed by atoms with Crippen LogP contribution in [0.1, 0.15) is 10.4 Å². The lowest BCUT2D eigenvalue weighted by Crippen LogP contribution is -2.08. The number of carbonyl (C=O) groups is 1. The monoisotopic (exact) mass is 257 g/mol. The Labute approximate surface area is 111 Å². The summed E-state index contributed by atoms with van der Waals surface area (Å²) in [6.07, 6.45) is 1.47. The first kappa shape index (κ1) is 12.9. The van der Waals surface area contributed by atoms with Crippen LogP contribution < -0.4 is 10.2 Å². The third kappa shape index (κ3) is 3.22. The van der Waals surface area contributed by atoms with Crippen LogP contribution in [0.25, 0.3) is 0 Å². The predicted molar refractivity (Wildman–Crippen MR) is 75.2 cm³/mol. The van der Waals surface area contributed by atoms with Crippen LogP contribution in [0.5, 0.6) is 0 Å². The second-order valence-electron chi connectivity index (χ2n) is 4.30. The van der Waals surface area contributed by atoms with Crippen molar-refractivity contribution >= 4 is 23.2 Å². The maximum Gasteiger partial charge on any atom is 0.335 e. The highest BCUT2D eigenvalue weighted by Crippen LogP contribution is 2.19. The minimum absolute atomic E-state index is 0.211. The summed E-state index contributed by atoms with van der Waals surface area (Å²) in [6.45, 7) is 0. The van der Waals surface area contributed by atoms with Gasteiger partial charge in [0.25, 0.3) is 0 Å². The third-order valence-corrected chi connectivity index (χ3v) is 2.66. The normalized spacial score (nSPS) is 10.0. The van der Waals surface area contributed by atoms with Crippen molar-refractivity contribution in [1.82, 2.24) is 4.98 Å². The van der Waals surface area contributed by atoms with Gasteiger partial charge in [-0.1, -0.05) is 0 Å². The standard InChI is InChI=1S/C14H15N3O2/c1-17(2)12-5-3-11(4-6-12)16-13-9-10(14(18)19)7-8-15-13/h3-9H,1-2H3,(H,15,16)(H,18,19). The molecule has 0 saturated heterocycles. The summed E-state index contributed by atoms with van der Waals surface area (Å²) >= 11 is 0. The molecule has 2 aromatic rings. The Morgan fingerprint density at radius 1 is 1.21 bits per heavy atom. The van der Waals surface area contributed by atoms with Gasteiger partial charge in [-0.25, -0.2) is 9.78 Å². The fourth-order valence-corrected chi connectivity index (χ4v) is 1.62. The average Bonchev–Trinajstić information content (AvgIpc) is 2.39. The zero-order chi connectivity index (χ0) is 13.8. The first-order valence-corrected chi connectivity index (χ1v) is 5.80. The molecule has 5 heteroatoms. The topological polar surface area (TPSA) is 65.5 Å². The molecule has 0 saturated carbocycles. The summed E-state index contributed by atoms with van der Waals surface area (Å²) in [5.74, 6) is -0.453. The van der Waals surface area contributed by atoms with Crippen LogP contribution in [0.15, 0.2) is 42.6 Å². The molecule has 0 spiro atoms. The van der Waals surface area contributed by atoms with E-state index < -0.39 is 5.97 Å². The van der Waals surface area contributed by atoms with Gasteiger partial charge in [0.1, 0.15) is 5.82 Å².